The molecule has 190 valence electrons. The second-order valence-electron chi connectivity index (χ2n) is 6.15. The molecule has 0 amide bonds. The fourth-order valence-corrected chi connectivity index (χ4v) is 2.95. The molecular weight excluding hydrogens is 560 g/mol. The van der Waals surface area contributed by atoms with Crippen molar-refractivity contribution in [3.05, 3.63) is 65.7 Å². The minimum absolute atomic E-state index is 0.0351. The zero-order valence-electron chi connectivity index (χ0n) is 17.7. The van der Waals surface area contributed by atoms with Gasteiger partial charge in [0.05, 0.1) is 27.5 Å². The molecule has 0 unspecified atom stereocenters. The number of rotatable bonds is 6. The highest BCUT2D eigenvalue weighted by Crippen LogP contribution is 2.42. The van der Waals surface area contributed by atoms with Gasteiger partial charge in [-0.3, -0.25) is 20.2 Å². The van der Waals surface area contributed by atoms with Gasteiger partial charge in [-0.15, -0.1) is 0 Å². The van der Waals surface area contributed by atoms with Crippen molar-refractivity contribution >= 4 is 27.3 Å². The molecule has 9 nitrogen and oxygen atoms in total. The summed E-state index contributed by atoms with van der Waals surface area (Å²) < 4.78 is 85.4. The topological polar surface area (TPSA) is 129 Å². The lowest BCUT2D eigenvalue weighted by Crippen LogP contribution is -2.10. The van der Waals surface area contributed by atoms with Gasteiger partial charge in [-0.05, 0) is 29.8 Å². The summed E-state index contributed by atoms with van der Waals surface area (Å²) in [4.78, 5) is 19.2. The van der Waals surface area contributed by atoms with Crippen molar-refractivity contribution in [2.75, 3.05) is 13.2 Å². The van der Waals surface area contributed by atoms with Crippen LogP contribution in [-0.2, 0) is 12.4 Å². The fraction of sp³-hybridized carbons (Fsp3) is 0.316. The van der Waals surface area contributed by atoms with E-state index >= 15 is 0 Å². The molecule has 0 saturated heterocycles. The van der Waals surface area contributed by atoms with Crippen molar-refractivity contribution in [2.45, 2.75) is 26.2 Å². The van der Waals surface area contributed by atoms with Crippen molar-refractivity contribution in [1.29, 1.82) is 5.26 Å². The quantitative estimate of drug-likeness (QED) is 0.214. The molecule has 0 N–H and O–H groups in total. The Kier molecular flexibility index (Phi) is 9.83. The summed E-state index contributed by atoms with van der Waals surface area (Å²) in [6.07, 6.45) is -9.49. The first kappa shape index (κ1) is 29.4. The lowest BCUT2D eigenvalue weighted by Gasteiger charge is -2.13. The van der Waals surface area contributed by atoms with Crippen LogP contribution in [0.4, 0.5) is 37.7 Å². The van der Waals surface area contributed by atoms with E-state index in [0.29, 0.717) is 12.1 Å². The van der Waals surface area contributed by atoms with Crippen LogP contribution in [-0.4, -0.2) is 23.1 Å². The number of benzene rings is 2. The molecule has 0 radical (unpaired) electrons. The fourth-order valence-electron chi connectivity index (χ4n) is 2.49. The van der Waals surface area contributed by atoms with Gasteiger partial charge in [-0.1, -0.05) is 0 Å². The molecular formula is C19H14BrF6N3O6. The molecule has 2 aromatic carbocycles. The lowest BCUT2D eigenvalue weighted by molar-refractivity contribution is -0.386. The van der Waals surface area contributed by atoms with Gasteiger partial charge in [-0.2, -0.15) is 31.6 Å². The second-order valence-corrected chi connectivity index (χ2v) is 7.01. The predicted molar refractivity (Wildman–Crippen MR) is 111 cm³/mol. The van der Waals surface area contributed by atoms with Crippen molar-refractivity contribution in [3.63, 3.8) is 0 Å². The van der Waals surface area contributed by atoms with E-state index in [1.807, 2.05) is 0 Å². The van der Waals surface area contributed by atoms with E-state index < -0.39 is 61.8 Å². The van der Waals surface area contributed by atoms with Crippen molar-refractivity contribution in [3.8, 4) is 17.6 Å². The molecule has 2 aromatic rings. The van der Waals surface area contributed by atoms with Crippen LogP contribution in [0.2, 0.25) is 0 Å². The predicted octanol–water partition coefficient (Wildman–Crippen LogP) is 6.66. The summed E-state index contributed by atoms with van der Waals surface area (Å²) in [5.74, 6) is -1.02. The maximum absolute atomic E-state index is 12.7. The van der Waals surface area contributed by atoms with Gasteiger partial charge < -0.3 is 9.47 Å². The SMILES string of the molecule is CCOc1cc(Br)c([N+](=O)[O-])cc1C(F)(F)F.CCOc1cc(C#N)c([N+](=O)[O-])cc1C(F)(F)F. The number of halogens is 7. The zero-order chi connectivity index (χ0) is 27.1. The molecule has 0 aliphatic rings. The Balaban J connectivity index is 0.000000351. The Bertz CT molecular complexity index is 1150. The molecule has 0 fully saturated rings. The standard InChI is InChI=1S/C10H7F3N2O3.C9H7BrF3NO3/c1-2-18-9-3-6(5-14)8(15(16)17)4-7(9)10(11,12)13;1-2-17-8-4-6(10)7(14(15)16)3-5(8)9(11,12)13/h3-4H,2H2,1H3;3-4H,2H2,1H3. The number of nitro groups is 2. The van der Waals surface area contributed by atoms with E-state index in [0.717, 1.165) is 12.1 Å². The molecule has 0 aromatic heterocycles. The van der Waals surface area contributed by atoms with Crippen LogP contribution in [0.15, 0.2) is 28.7 Å². The van der Waals surface area contributed by atoms with Crippen LogP contribution < -0.4 is 9.47 Å². The molecule has 0 aliphatic heterocycles. The Morgan fingerprint density at radius 1 is 0.857 bits per heavy atom. The Labute approximate surface area is 201 Å². The van der Waals surface area contributed by atoms with Crippen molar-refractivity contribution < 1.29 is 45.7 Å². The van der Waals surface area contributed by atoms with Crippen LogP contribution in [0.3, 0.4) is 0 Å². The van der Waals surface area contributed by atoms with Crippen molar-refractivity contribution in [2.24, 2.45) is 0 Å². The van der Waals surface area contributed by atoms with Crippen LogP contribution >= 0.6 is 15.9 Å². The molecule has 0 heterocycles. The third-order valence-corrected chi connectivity index (χ3v) is 4.51. The smallest absolute Gasteiger partial charge is 0.420 e. The first-order chi connectivity index (χ1) is 16.1. The van der Waals surface area contributed by atoms with Gasteiger partial charge in [0.2, 0.25) is 0 Å². The number of ether oxygens (including phenoxy) is 2. The summed E-state index contributed by atoms with van der Waals surface area (Å²) >= 11 is 2.83. The van der Waals surface area contributed by atoms with E-state index in [-0.39, 0.29) is 17.7 Å². The first-order valence-electron chi connectivity index (χ1n) is 9.18. The molecule has 0 atom stereocenters. The van der Waals surface area contributed by atoms with Gasteiger partial charge in [0.25, 0.3) is 11.4 Å². The molecule has 0 spiro atoms. The summed E-state index contributed by atoms with van der Waals surface area (Å²) in [6, 6.07) is 3.90. The van der Waals surface area contributed by atoms with Gasteiger partial charge in [-0.25, -0.2) is 0 Å². The maximum atomic E-state index is 12.7. The Hall–Kier alpha value is -3.61. The average molecular weight is 574 g/mol. The highest BCUT2D eigenvalue weighted by Gasteiger charge is 2.38. The molecule has 0 aliphatic carbocycles. The zero-order valence-corrected chi connectivity index (χ0v) is 19.2. The number of nitro benzene ring substituents is 2. The van der Waals surface area contributed by atoms with Crippen LogP contribution in [0, 0.1) is 31.6 Å². The number of nitriles is 1. The number of alkyl halides is 6. The monoisotopic (exact) mass is 573 g/mol. The summed E-state index contributed by atoms with van der Waals surface area (Å²) in [7, 11) is 0. The van der Waals surface area contributed by atoms with E-state index in [2.05, 4.69) is 15.9 Å². The Morgan fingerprint density at radius 2 is 1.26 bits per heavy atom. The summed E-state index contributed by atoms with van der Waals surface area (Å²) in [5, 5.41) is 29.8. The first-order valence-corrected chi connectivity index (χ1v) is 9.98. The van der Waals surface area contributed by atoms with Gasteiger partial charge in [0.1, 0.15) is 34.3 Å². The lowest BCUT2D eigenvalue weighted by atomic mass is 10.1. The Morgan fingerprint density at radius 3 is 1.60 bits per heavy atom. The van der Waals surface area contributed by atoms with Crippen LogP contribution in [0.25, 0.3) is 0 Å². The van der Waals surface area contributed by atoms with Gasteiger partial charge in [0.15, 0.2) is 0 Å². The highest BCUT2D eigenvalue weighted by atomic mass is 79.9. The number of nitrogens with zero attached hydrogens (tertiary/aromatic N) is 3. The summed E-state index contributed by atoms with van der Waals surface area (Å²) in [5.41, 5.74) is -4.45. The average Bonchev–Trinajstić information content (AvgIpc) is 2.72. The minimum atomic E-state index is -4.79. The van der Waals surface area contributed by atoms with E-state index in [9.17, 15) is 46.6 Å². The van der Waals surface area contributed by atoms with E-state index in [1.165, 1.54) is 19.9 Å². The van der Waals surface area contributed by atoms with Gasteiger partial charge >= 0.3 is 12.4 Å². The second kappa shape index (κ2) is 11.7. The minimum Gasteiger partial charge on any atom is -0.493 e. The van der Waals surface area contributed by atoms with E-state index in [1.54, 1.807) is 0 Å². The largest absolute Gasteiger partial charge is 0.493 e. The molecule has 0 saturated carbocycles. The maximum Gasteiger partial charge on any atom is 0.420 e. The third-order valence-electron chi connectivity index (χ3n) is 3.87. The van der Waals surface area contributed by atoms with Gasteiger partial charge in [0, 0.05) is 24.3 Å². The van der Waals surface area contributed by atoms with Crippen LogP contribution in [0.5, 0.6) is 11.5 Å². The normalized spacial score (nSPS) is 11.1. The van der Waals surface area contributed by atoms with Crippen molar-refractivity contribution in [1.82, 2.24) is 0 Å². The number of hydrogen-bond acceptors (Lipinski definition) is 7. The molecule has 0 bridgehead atoms. The highest BCUT2D eigenvalue weighted by molar-refractivity contribution is 9.10. The molecule has 2 rings (SSSR count). The summed E-state index contributed by atoms with van der Waals surface area (Å²) in [6.45, 7) is 2.97. The van der Waals surface area contributed by atoms with Crippen LogP contribution in [0.1, 0.15) is 30.5 Å². The third kappa shape index (κ3) is 7.70. The van der Waals surface area contributed by atoms with E-state index in [4.69, 9.17) is 14.7 Å². The molecule has 35 heavy (non-hydrogen) atoms. The molecule has 16 heteroatoms. The number of hydrogen-bond donors (Lipinski definition) is 0.